The van der Waals surface area contributed by atoms with E-state index in [1.165, 1.54) is 0 Å². The smallest absolute Gasteiger partial charge is 0.179 e. The summed E-state index contributed by atoms with van der Waals surface area (Å²) in [6.45, 7) is 1.32. The third-order valence-corrected chi connectivity index (χ3v) is 3.37. The first-order chi connectivity index (χ1) is 10.2. The molecular weight excluding hydrogens is 315 g/mol. The van der Waals surface area contributed by atoms with Gasteiger partial charge in [0.2, 0.25) is 0 Å². The van der Waals surface area contributed by atoms with E-state index in [0.717, 1.165) is 0 Å². The van der Waals surface area contributed by atoms with Gasteiger partial charge < -0.3 is 14.2 Å². The first-order valence-electron chi connectivity index (χ1n) is 6.29. The van der Waals surface area contributed by atoms with Gasteiger partial charge in [0.1, 0.15) is 18.4 Å². The third-order valence-electron chi connectivity index (χ3n) is 2.90. The Morgan fingerprint density at radius 1 is 1.14 bits per heavy atom. The van der Waals surface area contributed by atoms with Crippen molar-refractivity contribution < 1.29 is 14.2 Å². The van der Waals surface area contributed by atoms with Crippen LogP contribution >= 0.6 is 23.2 Å². The number of methoxy groups -OCH3 is 1. The molecule has 0 unspecified atom stereocenters. The lowest BCUT2D eigenvalue weighted by Crippen LogP contribution is -2.15. The maximum absolute atomic E-state index is 6.22. The van der Waals surface area contributed by atoms with Crippen LogP contribution in [0.4, 0.5) is 0 Å². The Morgan fingerprint density at radius 3 is 2.76 bits per heavy atom. The maximum atomic E-state index is 6.22. The maximum Gasteiger partial charge on any atom is 0.179 e. The molecule has 0 atom stereocenters. The standard InChI is InChI=1S/C14H12Cl2N2O3/c1-19-7-9-6-12(16)18-14(17-9)8-4-10(15)13-11(5-8)20-2-3-21-13/h4-6H,2-3,7H2,1H3. The van der Waals surface area contributed by atoms with E-state index in [9.17, 15) is 0 Å². The van der Waals surface area contributed by atoms with Crippen molar-refractivity contribution in [1.29, 1.82) is 0 Å². The molecule has 0 amide bonds. The fourth-order valence-electron chi connectivity index (χ4n) is 2.06. The van der Waals surface area contributed by atoms with Gasteiger partial charge in [0.15, 0.2) is 17.3 Å². The molecule has 0 saturated carbocycles. The zero-order valence-electron chi connectivity index (χ0n) is 11.2. The normalized spacial score (nSPS) is 13.3. The number of benzene rings is 1. The number of fused-ring (bicyclic) bond motifs is 1. The quantitative estimate of drug-likeness (QED) is 0.809. The lowest BCUT2D eigenvalue weighted by Gasteiger charge is -2.20. The van der Waals surface area contributed by atoms with E-state index in [0.29, 0.717) is 58.6 Å². The van der Waals surface area contributed by atoms with Crippen LogP contribution < -0.4 is 9.47 Å². The lowest BCUT2D eigenvalue weighted by atomic mass is 10.1. The summed E-state index contributed by atoms with van der Waals surface area (Å²) in [6, 6.07) is 5.19. The minimum absolute atomic E-state index is 0.345. The van der Waals surface area contributed by atoms with Gasteiger partial charge in [-0.15, -0.1) is 0 Å². The number of aromatic nitrogens is 2. The van der Waals surface area contributed by atoms with E-state index in [2.05, 4.69) is 9.97 Å². The van der Waals surface area contributed by atoms with Crippen LogP contribution in [0, 0.1) is 0 Å². The van der Waals surface area contributed by atoms with Gasteiger partial charge in [-0.1, -0.05) is 23.2 Å². The van der Waals surface area contributed by atoms with Crippen molar-refractivity contribution in [3.63, 3.8) is 0 Å². The molecule has 0 saturated heterocycles. The summed E-state index contributed by atoms with van der Waals surface area (Å²) in [5, 5.41) is 0.803. The van der Waals surface area contributed by atoms with Gasteiger partial charge in [-0.05, 0) is 18.2 Å². The van der Waals surface area contributed by atoms with Crippen LogP contribution in [0.15, 0.2) is 18.2 Å². The second kappa shape index (κ2) is 6.05. The molecule has 2 aromatic rings. The summed E-state index contributed by atoms with van der Waals surface area (Å²) < 4.78 is 16.1. The van der Waals surface area contributed by atoms with Gasteiger partial charge in [-0.2, -0.15) is 0 Å². The monoisotopic (exact) mass is 326 g/mol. The van der Waals surface area contributed by atoms with Crippen molar-refractivity contribution in [3.05, 3.63) is 34.1 Å². The van der Waals surface area contributed by atoms with Crippen molar-refractivity contribution in [3.8, 4) is 22.9 Å². The molecule has 0 spiro atoms. The Balaban J connectivity index is 2.06. The van der Waals surface area contributed by atoms with Crippen molar-refractivity contribution in [2.24, 2.45) is 0 Å². The van der Waals surface area contributed by atoms with Gasteiger partial charge in [0.05, 0.1) is 17.3 Å². The van der Waals surface area contributed by atoms with Crippen LogP contribution in [-0.2, 0) is 11.3 Å². The van der Waals surface area contributed by atoms with Crippen LogP contribution in [0.2, 0.25) is 10.2 Å². The summed E-state index contributed by atoms with van der Waals surface area (Å²) in [6.07, 6.45) is 0. The number of hydrogen-bond acceptors (Lipinski definition) is 5. The van der Waals surface area contributed by atoms with Crippen molar-refractivity contribution in [1.82, 2.24) is 9.97 Å². The van der Waals surface area contributed by atoms with E-state index in [-0.39, 0.29) is 0 Å². The molecule has 5 nitrogen and oxygen atoms in total. The van der Waals surface area contributed by atoms with Crippen LogP contribution in [0.1, 0.15) is 5.69 Å². The second-order valence-corrected chi connectivity index (χ2v) is 5.22. The summed E-state index contributed by atoms with van der Waals surface area (Å²) in [4.78, 5) is 8.63. The molecule has 1 aromatic carbocycles. The van der Waals surface area contributed by atoms with Gasteiger partial charge in [0.25, 0.3) is 0 Å². The SMILES string of the molecule is COCc1cc(Cl)nc(-c2cc(Cl)c3c(c2)OCCO3)n1. The highest BCUT2D eigenvalue weighted by Crippen LogP contribution is 2.40. The first-order valence-corrected chi connectivity index (χ1v) is 7.05. The van der Waals surface area contributed by atoms with Crippen LogP contribution in [0.25, 0.3) is 11.4 Å². The van der Waals surface area contributed by atoms with Crippen LogP contribution in [0.5, 0.6) is 11.5 Å². The predicted molar refractivity (Wildman–Crippen MR) is 79.2 cm³/mol. The zero-order valence-corrected chi connectivity index (χ0v) is 12.7. The Kier molecular flexibility index (Phi) is 4.14. The molecule has 0 fully saturated rings. The van der Waals surface area contributed by atoms with Gasteiger partial charge in [-0.25, -0.2) is 9.97 Å². The van der Waals surface area contributed by atoms with Crippen LogP contribution in [0.3, 0.4) is 0 Å². The largest absolute Gasteiger partial charge is 0.486 e. The lowest BCUT2D eigenvalue weighted by molar-refractivity contribution is 0.172. The number of rotatable bonds is 3. The highest BCUT2D eigenvalue weighted by Gasteiger charge is 2.18. The van der Waals surface area contributed by atoms with E-state index in [4.69, 9.17) is 37.4 Å². The van der Waals surface area contributed by atoms with Crippen molar-refractivity contribution in [2.75, 3.05) is 20.3 Å². The average molecular weight is 327 g/mol. The molecule has 0 aliphatic carbocycles. The van der Waals surface area contributed by atoms with Crippen molar-refractivity contribution in [2.45, 2.75) is 6.61 Å². The Bertz CT molecular complexity index is 680. The fraction of sp³-hybridized carbons (Fsp3) is 0.286. The molecule has 110 valence electrons. The first kappa shape index (κ1) is 14.4. The molecule has 7 heteroatoms. The molecule has 3 rings (SSSR count). The molecule has 1 aliphatic rings. The minimum atomic E-state index is 0.345. The summed E-state index contributed by atoms with van der Waals surface area (Å²) in [5.74, 6) is 1.60. The Hall–Kier alpha value is -1.56. The fourth-order valence-corrected chi connectivity index (χ4v) is 2.53. The molecule has 1 aromatic heterocycles. The van der Waals surface area contributed by atoms with E-state index >= 15 is 0 Å². The van der Waals surface area contributed by atoms with Crippen molar-refractivity contribution >= 4 is 23.2 Å². The molecule has 1 aliphatic heterocycles. The highest BCUT2D eigenvalue weighted by atomic mass is 35.5. The molecule has 0 bridgehead atoms. The highest BCUT2D eigenvalue weighted by molar-refractivity contribution is 6.32. The van der Waals surface area contributed by atoms with E-state index < -0.39 is 0 Å². The summed E-state index contributed by atoms with van der Waals surface area (Å²) in [7, 11) is 1.59. The van der Waals surface area contributed by atoms with E-state index in [1.54, 1.807) is 25.3 Å². The number of halogens is 2. The number of ether oxygens (including phenoxy) is 3. The third kappa shape index (κ3) is 3.05. The average Bonchev–Trinajstić information content (AvgIpc) is 2.47. The topological polar surface area (TPSA) is 53.5 Å². The summed E-state index contributed by atoms with van der Waals surface area (Å²) in [5.41, 5.74) is 1.41. The molecule has 2 heterocycles. The second-order valence-electron chi connectivity index (χ2n) is 4.42. The zero-order chi connectivity index (χ0) is 14.8. The number of nitrogens with zero attached hydrogens (tertiary/aromatic N) is 2. The minimum Gasteiger partial charge on any atom is -0.486 e. The summed E-state index contributed by atoms with van der Waals surface area (Å²) >= 11 is 12.2. The van der Waals surface area contributed by atoms with Gasteiger partial charge in [-0.3, -0.25) is 0 Å². The predicted octanol–water partition coefficient (Wildman–Crippen LogP) is 3.37. The Labute approximate surface area is 131 Å². The molecule has 21 heavy (non-hydrogen) atoms. The van der Waals surface area contributed by atoms with Gasteiger partial charge in [0, 0.05) is 12.7 Å². The van der Waals surface area contributed by atoms with E-state index in [1.807, 2.05) is 0 Å². The number of hydrogen-bond donors (Lipinski definition) is 0. The molecule has 0 N–H and O–H groups in total. The molecular formula is C14H12Cl2N2O3. The Morgan fingerprint density at radius 2 is 1.95 bits per heavy atom. The van der Waals surface area contributed by atoms with Crippen LogP contribution in [-0.4, -0.2) is 30.3 Å². The van der Waals surface area contributed by atoms with Gasteiger partial charge >= 0.3 is 0 Å². The molecule has 0 radical (unpaired) electrons.